The largest absolute Gasteiger partial charge is 0.269 e. The Balaban J connectivity index is 0.000000720. The van der Waals surface area contributed by atoms with Crippen molar-refractivity contribution in [3.8, 4) is 0 Å². The van der Waals surface area contributed by atoms with Crippen molar-refractivity contribution in [1.29, 1.82) is 0 Å². The van der Waals surface area contributed by atoms with Crippen LogP contribution in [0.4, 0.5) is 9.41 Å². The van der Waals surface area contributed by atoms with E-state index in [0.717, 1.165) is 0 Å². The summed E-state index contributed by atoms with van der Waals surface area (Å²) in [6.45, 7) is 0. The molecule has 13 heavy (non-hydrogen) atoms. The Morgan fingerprint density at radius 3 is 1.62 bits per heavy atom. The van der Waals surface area contributed by atoms with Crippen LogP contribution in [0.3, 0.4) is 0 Å². The Morgan fingerprint density at radius 2 is 1.31 bits per heavy atom. The molecule has 0 aliphatic heterocycles. The van der Waals surface area contributed by atoms with Crippen molar-refractivity contribution in [3.05, 3.63) is 44.2 Å². The molecule has 0 heterocycles. The van der Waals surface area contributed by atoms with E-state index in [-0.39, 0.29) is 28.6 Å². The van der Waals surface area contributed by atoms with E-state index < -0.39 is 0 Å². The minimum Gasteiger partial charge on any atom is -0.269 e. The van der Waals surface area contributed by atoms with Gasteiger partial charge in [0.1, 0.15) is 0 Å². The maximum absolute atomic E-state index is 2.29. The Morgan fingerprint density at radius 1 is 0.846 bits per heavy atom. The van der Waals surface area contributed by atoms with Gasteiger partial charge in [0.2, 0.25) is 0 Å². The third kappa shape index (κ3) is 3.41. The van der Waals surface area contributed by atoms with Gasteiger partial charge in [-0.15, -0.1) is 0 Å². The average Bonchev–Trinajstić information content (AvgIpc) is 2.60. The average molecular weight is 218 g/mol. The topological polar surface area (TPSA) is 0 Å². The van der Waals surface area contributed by atoms with Crippen LogP contribution in [0.5, 0.6) is 0 Å². The predicted molar refractivity (Wildman–Crippen MR) is 48.7 cm³/mol. The van der Waals surface area contributed by atoms with E-state index in [2.05, 4.69) is 36.5 Å². The molecule has 3 heteroatoms. The van der Waals surface area contributed by atoms with Gasteiger partial charge < -0.3 is 0 Å². The number of rotatable bonds is 2. The van der Waals surface area contributed by atoms with Crippen molar-refractivity contribution < 1.29 is 28.6 Å². The maximum Gasteiger partial charge on any atom is -0.269 e. The normalized spacial score (nSPS) is 17.2. The number of hydrogen-bond acceptors (Lipinski definition) is 0. The number of hydrogen-bond donors (Lipinski definition) is 0. The standard InChI is InChI=1S/2C5H5.2FH.Ti/c2*1-2-4-5-3-1;;;/h2*1-3H,4H2;2*1H;. The zero-order chi connectivity index (χ0) is 7.52. The van der Waals surface area contributed by atoms with Crippen molar-refractivity contribution in [2.24, 2.45) is 0 Å². The summed E-state index contributed by atoms with van der Waals surface area (Å²) in [5, 5.41) is 0. The Hall–Kier alpha value is -0.466. The van der Waals surface area contributed by atoms with Crippen molar-refractivity contribution in [2.45, 2.75) is 12.8 Å². The van der Waals surface area contributed by atoms with Crippen LogP contribution in [0.25, 0.3) is 0 Å². The monoisotopic (exact) mass is 218 g/mol. The predicted octanol–water partition coefficient (Wildman–Crippen LogP) is 3.06. The summed E-state index contributed by atoms with van der Waals surface area (Å²) in [4.78, 5) is 0. The van der Waals surface area contributed by atoms with E-state index >= 15 is 0 Å². The molecule has 0 saturated carbocycles. The second-order valence-corrected chi connectivity index (χ2v) is 5.17. The molecular formula is C10H12F2Ti. The molecule has 0 saturated heterocycles. The smallest absolute Gasteiger partial charge is 0.269 e. The molecule has 0 N–H and O–H groups in total. The first-order valence-corrected chi connectivity index (χ1v) is 5.50. The molecule has 2 aliphatic rings. The van der Waals surface area contributed by atoms with Crippen LogP contribution in [-0.4, -0.2) is 0 Å². The zero-order valence-corrected chi connectivity index (χ0v) is 8.76. The second-order valence-electron chi connectivity index (χ2n) is 2.77. The summed E-state index contributed by atoms with van der Waals surface area (Å²) in [6, 6.07) is 0. The molecule has 0 aromatic heterocycles. The van der Waals surface area contributed by atoms with Gasteiger partial charge in [0, 0.05) is 0 Å². The fraction of sp³-hybridized carbons (Fsp3) is 0.200. The first-order valence-electron chi connectivity index (χ1n) is 3.93. The third-order valence-corrected chi connectivity index (χ3v) is 4.02. The van der Waals surface area contributed by atoms with Crippen molar-refractivity contribution in [1.82, 2.24) is 0 Å². The van der Waals surface area contributed by atoms with E-state index in [0.29, 0.717) is 0 Å². The van der Waals surface area contributed by atoms with E-state index in [1.807, 2.05) is 0 Å². The van der Waals surface area contributed by atoms with Crippen LogP contribution in [0, 0.1) is 0 Å². The van der Waals surface area contributed by atoms with Crippen LogP contribution in [0.15, 0.2) is 44.2 Å². The van der Waals surface area contributed by atoms with Crippen LogP contribution in [-0.2, 0) is 19.2 Å². The van der Waals surface area contributed by atoms with E-state index in [9.17, 15) is 0 Å². The van der Waals surface area contributed by atoms with Crippen LogP contribution >= 0.6 is 0 Å². The fourth-order valence-electron chi connectivity index (χ4n) is 1.29. The van der Waals surface area contributed by atoms with Gasteiger partial charge in [-0.25, -0.2) is 0 Å². The Kier molecular flexibility index (Phi) is 5.84. The zero-order valence-electron chi connectivity index (χ0n) is 7.19. The summed E-state index contributed by atoms with van der Waals surface area (Å²) in [5.41, 5.74) is 0. The molecule has 0 unspecified atom stereocenters. The van der Waals surface area contributed by atoms with Crippen molar-refractivity contribution in [2.75, 3.05) is 0 Å². The molecule has 0 spiro atoms. The second kappa shape index (κ2) is 6.06. The quantitative estimate of drug-likeness (QED) is 0.625. The molecule has 0 bridgehead atoms. The van der Waals surface area contributed by atoms with Gasteiger partial charge >= 0.3 is 76.2 Å². The van der Waals surface area contributed by atoms with Gasteiger partial charge in [0.25, 0.3) is 0 Å². The number of halogens is 2. The minimum absolute atomic E-state index is 0. The van der Waals surface area contributed by atoms with E-state index in [1.54, 1.807) is 7.76 Å². The molecule has 0 fully saturated rings. The molecule has 0 aromatic rings. The molecule has 0 aromatic carbocycles. The van der Waals surface area contributed by atoms with E-state index in [4.69, 9.17) is 0 Å². The molecular weight excluding hydrogens is 206 g/mol. The summed E-state index contributed by atoms with van der Waals surface area (Å²) >= 11 is 0.0833. The fourth-order valence-corrected chi connectivity index (χ4v) is 3.18. The van der Waals surface area contributed by atoms with Gasteiger partial charge in [-0.2, -0.15) is 0 Å². The van der Waals surface area contributed by atoms with E-state index in [1.165, 1.54) is 12.8 Å². The maximum atomic E-state index is 2.29. The van der Waals surface area contributed by atoms with Crippen molar-refractivity contribution >= 4 is 0 Å². The van der Waals surface area contributed by atoms with Crippen LogP contribution in [0.2, 0.25) is 0 Å². The Bertz CT molecular complexity index is 247. The first-order chi connectivity index (χ1) is 5.45. The van der Waals surface area contributed by atoms with Gasteiger partial charge in [0.15, 0.2) is 0 Å². The minimum atomic E-state index is 0. The molecule has 70 valence electrons. The van der Waals surface area contributed by atoms with Gasteiger partial charge in [-0.1, -0.05) is 0 Å². The number of allylic oxidation sites excluding steroid dienone is 8. The third-order valence-electron chi connectivity index (χ3n) is 1.86. The van der Waals surface area contributed by atoms with Crippen LogP contribution < -0.4 is 0 Å². The van der Waals surface area contributed by atoms with Gasteiger partial charge in [-0.05, 0) is 0 Å². The summed E-state index contributed by atoms with van der Waals surface area (Å²) in [5.74, 6) is 0. The van der Waals surface area contributed by atoms with Crippen LogP contribution in [0.1, 0.15) is 12.8 Å². The molecule has 2 aliphatic carbocycles. The van der Waals surface area contributed by atoms with Crippen molar-refractivity contribution in [3.63, 3.8) is 0 Å². The molecule has 0 atom stereocenters. The summed E-state index contributed by atoms with van der Waals surface area (Å²) < 4.78 is 3.36. The molecule has 2 rings (SSSR count). The van der Waals surface area contributed by atoms with Gasteiger partial charge in [-0.3, -0.25) is 9.41 Å². The Labute approximate surface area is 85.8 Å². The first kappa shape index (κ1) is 12.5. The molecule has 0 radical (unpaired) electrons. The van der Waals surface area contributed by atoms with Gasteiger partial charge in [0.05, 0.1) is 0 Å². The summed E-state index contributed by atoms with van der Waals surface area (Å²) in [6.07, 6.45) is 15.9. The summed E-state index contributed by atoms with van der Waals surface area (Å²) in [7, 11) is 0. The SMILES string of the molecule is C1=CC[C]([Ti][C]2=CC=CC2)=C1.F.F. The molecule has 0 amide bonds. The molecule has 0 nitrogen and oxygen atoms in total.